The molecule has 0 saturated heterocycles. The van der Waals surface area contributed by atoms with Gasteiger partial charge in [-0.25, -0.2) is 0 Å². The van der Waals surface area contributed by atoms with Crippen molar-refractivity contribution in [2.75, 3.05) is 16.8 Å². The van der Waals surface area contributed by atoms with Crippen LogP contribution in [0.25, 0.3) is 11.1 Å². The summed E-state index contributed by atoms with van der Waals surface area (Å²) in [4.78, 5) is 7.58. The first kappa shape index (κ1) is 32.5. The largest absolute Gasteiger partial charge is 0.347 e. The van der Waals surface area contributed by atoms with Gasteiger partial charge < -0.3 is 9.80 Å². The summed E-state index contributed by atoms with van der Waals surface area (Å²) >= 11 is 1.93. The molecule has 0 N–H and O–H groups in total. The number of hydrogen-bond donors (Lipinski definition) is 0. The maximum absolute atomic E-state index is 4.27. The highest BCUT2D eigenvalue weighted by atomic mass is 32.2. The number of aryl methyl sites for hydroxylation is 3. The highest BCUT2D eigenvalue weighted by Crippen LogP contribution is 2.55. The smallest absolute Gasteiger partial charge is 0.0607 e. The third-order valence-corrected chi connectivity index (χ3v) is 12.3. The first-order chi connectivity index (χ1) is 21.7. The maximum Gasteiger partial charge on any atom is 0.0607 e. The topological polar surface area (TPSA) is 6.48 Å². The van der Waals surface area contributed by atoms with Gasteiger partial charge in [-0.1, -0.05) is 102 Å². The Kier molecular flexibility index (Phi) is 8.25. The van der Waals surface area contributed by atoms with E-state index >= 15 is 0 Å². The molecule has 240 valence electrons. The second-order valence-electron chi connectivity index (χ2n) is 15.3. The number of nitrogens with zero attached hydrogens (tertiary/aromatic N) is 2. The van der Waals surface area contributed by atoms with Gasteiger partial charge in [0, 0.05) is 34.9 Å². The molecule has 3 aromatic rings. The lowest BCUT2D eigenvalue weighted by atomic mass is 9.63. The fourth-order valence-corrected chi connectivity index (χ4v) is 9.45. The first-order valence-corrected chi connectivity index (χ1v) is 17.8. The van der Waals surface area contributed by atoms with Gasteiger partial charge in [0.25, 0.3) is 0 Å². The molecule has 0 bridgehead atoms. The van der Waals surface area contributed by atoms with Crippen LogP contribution < -0.4 is 9.80 Å². The lowest BCUT2D eigenvalue weighted by molar-refractivity contribution is 0.332. The summed E-state index contributed by atoms with van der Waals surface area (Å²) in [5.41, 5.74) is 16.2. The van der Waals surface area contributed by atoms with E-state index in [1.165, 1.54) is 84.4 Å². The van der Waals surface area contributed by atoms with E-state index < -0.39 is 0 Å². The molecule has 3 heteroatoms. The molecule has 3 aromatic carbocycles. The third kappa shape index (κ3) is 5.29. The summed E-state index contributed by atoms with van der Waals surface area (Å²) in [6.45, 7) is 27.5. The number of benzene rings is 3. The molecule has 2 aliphatic carbocycles. The van der Waals surface area contributed by atoms with Crippen molar-refractivity contribution >= 4 is 23.1 Å². The number of fused-ring (bicyclic) bond motifs is 3. The van der Waals surface area contributed by atoms with Crippen molar-refractivity contribution in [3.8, 4) is 11.1 Å². The molecule has 6 rings (SSSR count). The van der Waals surface area contributed by atoms with Crippen molar-refractivity contribution < 1.29 is 0 Å². The van der Waals surface area contributed by atoms with Crippen LogP contribution in [0.3, 0.4) is 0 Å². The van der Waals surface area contributed by atoms with Crippen molar-refractivity contribution in [3.05, 3.63) is 123 Å². The van der Waals surface area contributed by atoms with E-state index in [2.05, 4.69) is 153 Å². The van der Waals surface area contributed by atoms with Crippen molar-refractivity contribution in [2.45, 2.75) is 97.8 Å². The standard InChI is InChI=1S/C43H52N2S/c1-13-32(14-2)45-36-24-31(39-28(5)21-26(3)22-29(39)6)15-18-38(36)46-41-37(45)23-27(4)30(7)40(41)44(12)33-16-17-34-35(25-33)43(10,11)20-19-42(34,8)9/h13-18,21-25,27,30H,1,19-20H2,2-12H3/b32-14+. The summed E-state index contributed by atoms with van der Waals surface area (Å²) in [6.07, 6.45) is 9.14. The van der Waals surface area contributed by atoms with Crippen molar-refractivity contribution in [3.63, 3.8) is 0 Å². The molecule has 2 unspecified atom stereocenters. The molecule has 0 aromatic heterocycles. The molecule has 46 heavy (non-hydrogen) atoms. The van der Waals surface area contributed by atoms with E-state index in [0.717, 1.165) is 5.70 Å². The van der Waals surface area contributed by atoms with Crippen LogP contribution in [0.1, 0.15) is 89.1 Å². The quantitative estimate of drug-likeness (QED) is 0.260. The van der Waals surface area contributed by atoms with Crippen LogP contribution in [-0.2, 0) is 10.8 Å². The predicted molar refractivity (Wildman–Crippen MR) is 202 cm³/mol. The molecule has 0 amide bonds. The van der Waals surface area contributed by atoms with Crippen LogP contribution in [-0.4, -0.2) is 7.05 Å². The van der Waals surface area contributed by atoms with Gasteiger partial charge in [0.2, 0.25) is 0 Å². The molecule has 0 fully saturated rings. The second kappa shape index (κ2) is 11.7. The van der Waals surface area contributed by atoms with Gasteiger partial charge in [-0.3, -0.25) is 0 Å². The van der Waals surface area contributed by atoms with Gasteiger partial charge in [-0.15, -0.1) is 0 Å². The van der Waals surface area contributed by atoms with Gasteiger partial charge in [0.05, 0.1) is 16.3 Å². The Morgan fingerprint density at radius 2 is 1.57 bits per heavy atom. The highest BCUT2D eigenvalue weighted by Gasteiger charge is 2.40. The first-order valence-electron chi connectivity index (χ1n) is 17.0. The molecular weight excluding hydrogens is 577 g/mol. The lowest BCUT2D eigenvalue weighted by Crippen LogP contribution is -2.36. The molecule has 3 aliphatic rings. The average Bonchev–Trinajstić information content (AvgIpc) is 3.00. The number of thioether (sulfide) groups is 1. The number of allylic oxidation sites excluding steroid dienone is 4. The summed E-state index contributed by atoms with van der Waals surface area (Å²) in [6, 6.07) is 18.9. The SMILES string of the molecule is C=C/C(=C\C)N1C2=CC(C)C(C)C(N(C)c3ccc4c(c3)C(C)(C)CCC4(C)C)=C2Sc2ccc(-c3c(C)cc(C)cc3C)cc21. The molecule has 0 spiro atoms. The second-order valence-corrected chi connectivity index (χ2v) is 16.3. The van der Waals surface area contributed by atoms with E-state index in [-0.39, 0.29) is 10.8 Å². The van der Waals surface area contributed by atoms with Crippen LogP contribution >= 0.6 is 11.8 Å². The van der Waals surface area contributed by atoms with Gasteiger partial charge in [0.15, 0.2) is 0 Å². The van der Waals surface area contributed by atoms with Gasteiger partial charge >= 0.3 is 0 Å². The van der Waals surface area contributed by atoms with Crippen LogP contribution in [0.4, 0.5) is 11.4 Å². The molecule has 2 atom stereocenters. The molecule has 0 radical (unpaired) electrons. The highest BCUT2D eigenvalue weighted by molar-refractivity contribution is 8.03. The van der Waals surface area contributed by atoms with Crippen LogP contribution in [0.15, 0.2) is 100 Å². The number of rotatable bonds is 5. The Balaban J connectivity index is 1.53. The predicted octanol–water partition coefficient (Wildman–Crippen LogP) is 12.1. The van der Waals surface area contributed by atoms with Crippen LogP contribution in [0.2, 0.25) is 0 Å². The Labute approximate surface area is 283 Å². The Morgan fingerprint density at radius 1 is 0.913 bits per heavy atom. The summed E-state index contributed by atoms with van der Waals surface area (Å²) in [7, 11) is 2.29. The molecular formula is C43H52N2S. The van der Waals surface area contributed by atoms with E-state index in [4.69, 9.17) is 0 Å². The fraction of sp³-hybridized carbons (Fsp3) is 0.395. The van der Waals surface area contributed by atoms with E-state index in [0.29, 0.717) is 11.8 Å². The zero-order chi connectivity index (χ0) is 33.3. The van der Waals surface area contributed by atoms with E-state index in [1.54, 1.807) is 0 Å². The monoisotopic (exact) mass is 628 g/mol. The lowest BCUT2D eigenvalue weighted by Gasteiger charge is -2.44. The summed E-state index contributed by atoms with van der Waals surface area (Å²) < 4.78 is 0. The van der Waals surface area contributed by atoms with Gasteiger partial charge in [-0.05, 0) is 121 Å². The fourth-order valence-electron chi connectivity index (χ4n) is 8.14. The summed E-state index contributed by atoms with van der Waals surface area (Å²) in [5, 5.41) is 0. The van der Waals surface area contributed by atoms with Gasteiger partial charge in [0.1, 0.15) is 0 Å². The third-order valence-electron chi connectivity index (χ3n) is 11.1. The zero-order valence-electron chi connectivity index (χ0n) is 29.9. The van der Waals surface area contributed by atoms with Crippen molar-refractivity contribution in [1.29, 1.82) is 0 Å². The Bertz CT molecular complexity index is 1810. The zero-order valence-corrected chi connectivity index (χ0v) is 30.7. The normalized spacial score (nSPS) is 21.7. The minimum atomic E-state index is 0.169. The molecule has 1 heterocycles. The van der Waals surface area contributed by atoms with Crippen LogP contribution in [0.5, 0.6) is 0 Å². The number of anilines is 2. The minimum Gasteiger partial charge on any atom is -0.347 e. The van der Waals surface area contributed by atoms with E-state index in [9.17, 15) is 0 Å². The molecule has 0 saturated carbocycles. The Morgan fingerprint density at radius 3 is 2.20 bits per heavy atom. The van der Waals surface area contributed by atoms with Crippen LogP contribution in [0, 0.1) is 32.6 Å². The molecule has 2 nitrogen and oxygen atoms in total. The number of hydrogen-bond acceptors (Lipinski definition) is 3. The van der Waals surface area contributed by atoms with E-state index in [1.807, 2.05) is 17.8 Å². The molecule has 1 aliphatic heterocycles. The summed E-state index contributed by atoms with van der Waals surface area (Å²) in [5.74, 6) is 0.747. The Hall–Kier alpha value is -3.43. The van der Waals surface area contributed by atoms with Crippen molar-refractivity contribution in [1.82, 2.24) is 0 Å². The minimum absolute atomic E-state index is 0.169. The van der Waals surface area contributed by atoms with Gasteiger partial charge in [-0.2, -0.15) is 0 Å². The maximum atomic E-state index is 4.27. The average molecular weight is 629 g/mol. The van der Waals surface area contributed by atoms with Crippen molar-refractivity contribution in [2.24, 2.45) is 11.8 Å².